The summed E-state index contributed by atoms with van der Waals surface area (Å²) in [4.78, 5) is 11.2. The Labute approximate surface area is 102 Å². The molecule has 88 valence electrons. The first-order valence-corrected chi connectivity index (χ1v) is 5.72. The first-order valence-electron chi connectivity index (χ1n) is 4.60. The van der Waals surface area contributed by atoms with E-state index in [2.05, 4.69) is 20.7 Å². The molecule has 0 fully saturated rings. The van der Waals surface area contributed by atoms with Crippen molar-refractivity contribution in [3.8, 4) is 5.75 Å². The van der Waals surface area contributed by atoms with Gasteiger partial charge in [0, 0.05) is 17.0 Å². The van der Waals surface area contributed by atoms with Gasteiger partial charge in [0.05, 0.1) is 20.6 Å². The van der Waals surface area contributed by atoms with Crippen LogP contribution < -0.4 is 4.74 Å². The average Bonchev–Trinajstić information content (AvgIpc) is 2.28. The fraction of sp³-hybridized carbons (Fsp3) is 0.364. The second-order valence-corrected chi connectivity index (χ2v) is 3.69. The number of alkyl halides is 1. The first-order chi connectivity index (χ1) is 7.62. The van der Waals surface area contributed by atoms with Gasteiger partial charge >= 0.3 is 5.97 Å². The molecule has 1 aromatic rings. The lowest BCUT2D eigenvalue weighted by molar-refractivity contribution is -0.139. The first kappa shape index (κ1) is 13.0. The molecule has 0 unspecified atom stereocenters. The number of esters is 1. The Morgan fingerprint density at radius 3 is 2.62 bits per heavy atom. The molecule has 0 amide bonds. The molecule has 1 aromatic carbocycles. The maximum Gasteiger partial charge on any atom is 0.309 e. The fourth-order valence-corrected chi connectivity index (χ4v) is 1.95. The van der Waals surface area contributed by atoms with Crippen molar-refractivity contribution in [1.29, 1.82) is 0 Å². The average molecular weight is 291 g/mol. The molecule has 1 rings (SSSR count). The molecule has 16 heavy (non-hydrogen) atoms. The third-order valence-corrected chi connectivity index (χ3v) is 2.75. The summed E-state index contributed by atoms with van der Waals surface area (Å²) in [5.74, 6) is -0.411. The summed E-state index contributed by atoms with van der Waals surface area (Å²) in [5.41, 5.74) is 1.02. The minimum absolute atomic E-state index is 0.0333. The summed E-state index contributed by atoms with van der Waals surface area (Å²) in [7, 11) is 2.75. The number of methoxy groups -OCH3 is 2. The van der Waals surface area contributed by atoms with Crippen molar-refractivity contribution >= 4 is 21.9 Å². The molecule has 0 N–H and O–H groups in total. The molecule has 0 radical (unpaired) electrons. The maximum absolute atomic E-state index is 13.6. The van der Waals surface area contributed by atoms with Crippen LogP contribution in [0.25, 0.3) is 0 Å². The van der Waals surface area contributed by atoms with E-state index in [0.717, 1.165) is 0 Å². The molecule has 0 bridgehead atoms. The highest BCUT2D eigenvalue weighted by molar-refractivity contribution is 9.08. The van der Waals surface area contributed by atoms with Crippen LogP contribution in [0.3, 0.4) is 0 Å². The zero-order valence-electron chi connectivity index (χ0n) is 9.05. The van der Waals surface area contributed by atoms with E-state index in [9.17, 15) is 9.18 Å². The van der Waals surface area contributed by atoms with Gasteiger partial charge in [0.1, 0.15) is 11.6 Å². The Balaban J connectivity index is 3.12. The summed E-state index contributed by atoms with van der Waals surface area (Å²) in [6, 6.07) is 2.92. The lowest BCUT2D eigenvalue weighted by Crippen LogP contribution is -2.08. The van der Waals surface area contributed by atoms with Crippen LogP contribution in [0.15, 0.2) is 12.1 Å². The van der Waals surface area contributed by atoms with Gasteiger partial charge in [-0.15, -0.1) is 0 Å². The molecular formula is C11H12BrFO3. The summed E-state index contributed by atoms with van der Waals surface area (Å²) in [5, 5.41) is 0.342. The summed E-state index contributed by atoms with van der Waals surface area (Å²) in [6.45, 7) is 0. The highest BCUT2D eigenvalue weighted by Crippen LogP contribution is 2.24. The Hall–Kier alpha value is -1.10. The highest BCUT2D eigenvalue weighted by Gasteiger charge is 2.13. The number of benzene rings is 1. The van der Waals surface area contributed by atoms with Gasteiger partial charge < -0.3 is 9.47 Å². The van der Waals surface area contributed by atoms with E-state index in [4.69, 9.17) is 4.74 Å². The number of rotatable bonds is 4. The largest absolute Gasteiger partial charge is 0.497 e. The number of ether oxygens (including phenoxy) is 2. The molecule has 0 atom stereocenters. The number of hydrogen-bond acceptors (Lipinski definition) is 3. The SMILES string of the molecule is COC(=O)Cc1cc(OC)cc(F)c1CBr. The molecule has 0 aliphatic carbocycles. The quantitative estimate of drug-likeness (QED) is 0.631. The van der Waals surface area contributed by atoms with Crippen molar-refractivity contribution in [3.63, 3.8) is 0 Å². The predicted octanol–water partition coefficient (Wildman–Crippen LogP) is 2.44. The molecule has 5 heteroatoms. The minimum atomic E-state index is -0.408. The zero-order valence-corrected chi connectivity index (χ0v) is 10.6. The predicted molar refractivity (Wildman–Crippen MR) is 61.3 cm³/mol. The van der Waals surface area contributed by atoms with Crippen LogP contribution in [0.1, 0.15) is 11.1 Å². The normalized spacial score (nSPS) is 10.0. The fourth-order valence-electron chi connectivity index (χ4n) is 1.32. The topological polar surface area (TPSA) is 35.5 Å². The van der Waals surface area contributed by atoms with Gasteiger partial charge in [-0.1, -0.05) is 15.9 Å². The van der Waals surface area contributed by atoms with Crippen LogP contribution in [0.4, 0.5) is 4.39 Å². The van der Waals surface area contributed by atoms with Crippen LogP contribution in [0.5, 0.6) is 5.75 Å². The minimum Gasteiger partial charge on any atom is -0.497 e. The van der Waals surface area contributed by atoms with E-state index in [-0.39, 0.29) is 6.42 Å². The van der Waals surface area contributed by atoms with E-state index in [1.807, 2.05) is 0 Å². The number of hydrogen-bond donors (Lipinski definition) is 0. The molecule has 3 nitrogen and oxygen atoms in total. The second kappa shape index (κ2) is 5.84. The highest BCUT2D eigenvalue weighted by atomic mass is 79.9. The van der Waals surface area contributed by atoms with Crippen molar-refractivity contribution in [2.24, 2.45) is 0 Å². The van der Waals surface area contributed by atoms with Crippen molar-refractivity contribution in [1.82, 2.24) is 0 Å². The maximum atomic E-state index is 13.6. The lowest BCUT2D eigenvalue weighted by atomic mass is 10.0. The van der Waals surface area contributed by atoms with E-state index in [1.54, 1.807) is 6.07 Å². The van der Waals surface area contributed by atoms with Gasteiger partial charge in [-0.05, 0) is 11.6 Å². The molecule has 0 aliphatic heterocycles. The third-order valence-electron chi connectivity index (χ3n) is 2.19. The van der Waals surface area contributed by atoms with E-state index >= 15 is 0 Å². The van der Waals surface area contributed by atoms with Crippen molar-refractivity contribution in [3.05, 3.63) is 29.1 Å². The van der Waals surface area contributed by atoms with E-state index in [1.165, 1.54) is 20.3 Å². The molecule has 0 heterocycles. The summed E-state index contributed by atoms with van der Waals surface area (Å²) < 4.78 is 23.1. The van der Waals surface area contributed by atoms with Gasteiger partial charge in [-0.2, -0.15) is 0 Å². The van der Waals surface area contributed by atoms with Gasteiger partial charge in [0.2, 0.25) is 0 Å². The van der Waals surface area contributed by atoms with Gasteiger partial charge in [-0.25, -0.2) is 4.39 Å². The summed E-state index contributed by atoms with van der Waals surface area (Å²) in [6.07, 6.45) is 0.0333. The smallest absolute Gasteiger partial charge is 0.309 e. The Morgan fingerprint density at radius 1 is 1.44 bits per heavy atom. The van der Waals surface area contributed by atoms with Crippen LogP contribution in [-0.4, -0.2) is 20.2 Å². The van der Waals surface area contributed by atoms with Crippen LogP contribution in [0.2, 0.25) is 0 Å². The molecule has 0 aromatic heterocycles. The van der Waals surface area contributed by atoms with E-state index in [0.29, 0.717) is 22.2 Å². The van der Waals surface area contributed by atoms with Crippen molar-refractivity contribution in [2.45, 2.75) is 11.8 Å². The number of carbonyl (C=O) groups excluding carboxylic acids is 1. The molecule has 0 saturated carbocycles. The number of carbonyl (C=O) groups is 1. The Kier molecular flexibility index (Phi) is 4.73. The van der Waals surface area contributed by atoms with Crippen LogP contribution >= 0.6 is 15.9 Å². The van der Waals surface area contributed by atoms with Crippen LogP contribution in [-0.2, 0) is 21.3 Å². The Morgan fingerprint density at radius 2 is 2.12 bits per heavy atom. The van der Waals surface area contributed by atoms with Crippen molar-refractivity contribution in [2.75, 3.05) is 14.2 Å². The molecule has 0 aliphatic rings. The second-order valence-electron chi connectivity index (χ2n) is 3.13. The standard InChI is InChI=1S/C11H12BrFO3/c1-15-8-3-7(4-11(14)16-2)9(6-12)10(13)5-8/h3,5H,4,6H2,1-2H3. The molecule has 0 spiro atoms. The van der Waals surface area contributed by atoms with Gasteiger partial charge in [-0.3, -0.25) is 4.79 Å². The van der Waals surface area contributed by atoms with Crippen LogP contribution in [0, 0.1) is 5.82 Å². The number of halogens is 2. The third kappa shape index (κ3) is 2.95. The lowest BCUT2D eigenvalue weighted by Gasteiger charge is -2.10. The molecular weight excluding hydrogens is 279 g/mol. The van der Waals surface area contributed by atoms with Gasteiger partial charge in [0.15, 0.2) is 0 Å². The van der Waals surface area contributed by atoms with Gasteiger partial charge in [0.25, 0.3) is 0 Å². The van der Waals surface area contributed by atoms with E-state index < -0.39 is 11.8 Å². The Bertz CT molecular complexity index is 393. The van der Waals surface area contributed by atoms with Crippen molar-refractivity contribution < 1.29 is 18.7 Å². The summed E-state index contributed by atoms with van der Waals surface area (Å²) >= 11 is 3.18. The zero-order chi connectivity index (χ0) is 12.1. The monoisotopic (exact) mass is 290 g/mol. The molecule has 0 saturated heterocycles.